The molecule has 4 amide bonds. The smallest absolute Gasteiger partial charge is 0.326 e. The second-order valence-electron chi connectivity index (χ2n) is 8.53. The van der Waals surface area contributed by atoms with E-state index in [1.807, 2.05) is 0 Å². The Labute approximate surface area is 221 Å². The zero-order valence-corrected chi connectivity index (χ0v) is 20.7. The zero-order chi connectivity index (χ0) is 29.7. The van der Waals surface area contributed by atoms with E-state index in [0.29, 0.717) is 5.56 Å². The van der Waals surface area contributed by atoms with Crippen molar-refractivity contribution in [3.8, 4) is 5.75 Å². The summed E-state index contributed by atoms with van der Waals surface area (Å²) in [6.45, 7) is 0. The Bertz CT molecular complexity index is 1080. The molecule has 0 bridgehead atoms. The minimum atomic E-state index is -1.75. The summed E-state index contributed by atoms with van der Waals surface area (Å²) < 4.78 is 0. The topological polar surface area (TPSA) is 289 Å². The molecule has 4 atom stereocenters. The number of phenols is 1. The molecule has 1 aromatic carbocycles. The molecule has 16 nitrogen and oxygen atoms in total. The molecule has 1 rings (SSSR count). The summed E-state index contributed by atoms with van der Waals surface area (Å²) in [7, 11) is 0. The van der Waals surface area contributed by atoms with Crippen LogP contribution in [0.5, 0.6) is 5.75 Å². The molecule has 4 unspecified atom stereocenters. The molecule has 0 fully saturated rings. The summed E-state index contributed by atoms with van der Waals surface area (Å²) in [6.07, 6.45) is -2.71. The molecule has 1 aromatic rings. The molecule has 0 spiro atoms. The fourth-order valence-electron chi connectivity index (χ4n) is 3.24. The van der Waals surface area contributed by atoms with E-state index in [1.165, 1.54) is 24.3 Å². The zero-order valence-electron chi connectivity index (χ0n) is 20.7. The minimum Gasteiger partial charge on any atom is -0.508 e. The molecule has 0 saturated carbocycles. The van der Waals surface area contributed by atoms with E-state index in [2.05, 4.69) is 16.0 Å². The third kappa shape index (κ3) is 12.4. The minimum absolute atomic E-state index is 0.0604. The number of carbonyl (C=O) groups is 7. The van der Waals surface area contributed by atoms with E-state index in [1.54, 1.807) is 0 Å². The fraction of sp³-hybridized carbons (Fsp3) is 0.435. The van der Waals surface area contributed by atoms with Crippen molar-refractivity contribution >= 4 is 41.5 Å². The summed E-state index contributed by atoms with van der Waals surface area (Å²) in [5.74, 6) is -8.28. The number of benzene rings is 1. The average molecular weight is 554 g/mol. The van der Waals surface area contributed by atoms with Crippen molar-refractivity contribution in [1.29, 1.82) is 0 Å². The standard InChI is InChI=1S/C23H31N5O11/c24-13(5-8-18(31)32)20(35)27-15(10-19(33)34)22(37)26-14(6-7-17(25)30)21(36)28-16(23(38)39)9-11-1-3-12(29)4-2-11/h1-4,13-16,29H,5-10,24H2,(H2,25,30)(H,26,37)(H,27,35)(H,28,36)(H,31,32)(H,33,34)(H,38,39). The molecule has 214 valence electrons. The highest BCUT2D eigenvalue weighted by atomic mass is 16.4. The molecule has 11 N–H and O–H groups in total. The van der Waals surface area contributed by atoms with E-state index < -0.39 is 85.0 Å². The number of nitrogens with one attached hydrogen (secondary N) is 3. The highest BCUT2D eigenvalue weighted by Crippen LogP contribution is 2.12. The van der Waals surface area contributed by atoms with Crippen LogP contribution in [0.1, 0.15) is 37.7 Å². The fourth-order valence-corrected chi connectivity index (χ4v) is 3.24. The lowest BCUT2D eigenvalue weighted by Gasteiger charge is -2.24. The van der Waals surface area contributed by atoms with Crippen molar-refractivity contribution in [3.63, 3.8) is 0 Å². The number of aliphatic carboxylic acids is 3. The number of primary amides is 1. The van der Waals surface area contributed by atoms with Crippen molar-refractivity contribution < 1.29 is 54.0 Å². The largest absolute Gasteiger partial charge is 0.508 e. The number of carbonyl (C=O) groups excluding carboxylic acids is 4. The highest BCUT2D eigenvalue weighted by molar-refractivity contribution is 5.96. The maximum absolute atomic E-state index is 12.9. The van der Waals surface area contributed by atoms with Gasteiger partial charge in [-0.25, -0.2) is 4.79 Å². The first-order valence-electron chi connectivity index (χ1n) is 11.6. The lowest BCUT2D eigenvalue weighted by molar-refractivity contribution is -0.143. The second-order valence-corrected chi connectivity index (χ2v) is 8.53. The van der Waals surface area contributed by atoms with Gasteiger partial charge in [-0.15, -0.1) is 0 Å². The van der Waals surface area contributed by atoms with E-state index in [4.69, 9.17) is 21.7 Å². The van der Waals surface area contributed by atoms with Gasteiger partial charge in [0.2, 0.25) is 23.6 Å². The van der Waals surface area contributed by atoms with Crippen molar-refractivity contribution in [2.24, 2.45) is 11.5 Å². The third-order valence-corrected chi connectivity index (χ3v) is 5.32. The van der Waals surface area contributed by atoms with Crippen LogP contribution in [0, 0.1) is 0 Å². The highest BCUT2D eigenvalue weighted by Gasteiger charge is 2.31. The number of hydrogen-bond donors (Lipinski definition) is 9. The van der Waals surface area contributed by atoms with Gasteiger partial charge in [-0.2, -0.15) is 0 Å². The van der Waals surface area contributed by atoms with E-state index >= 15 is 0 Å². The molecule has 0 aliphatic carbocycles. The molecule has 39 heavy (non-hydrogen) atoms. The van der Waals surface area contributed by atoms with Gasteiger partial charge in [0.05, 0.1) is 12.5 Å². The Morgan fingerprint density at radius 1 is 0.718 bits per heavy atom. The van der Waals surface area contributed by atoms with Gasteiger partial charge in [0.1, 0.15) is 23.9 Å². The molecule has 0 heterocycles. The maximum atomic E-state index is 12.9. The summed E-state index contributed by atoms with van der Waals surface area (Å²) in [6, 6.07) is -0.670. The van der Waals surface area contributed by atoms with Crippen LogP contribution in [0.3, 0.4) is 0 Å². The number of amides is 4. The Balaban J connectivity index is 3.05. The van der Waals surface area contributed by atoms with Crippen LogP contribution in [-0.4, -0.2) is 86.1 Å². The SMILES string of the molecule is NC(=O)CCC(NC(=O)C(CC(=O)O)NC(=O)C(N)CCC(=O)O)C(=O)NC(Cc1ccc(O)cc1)C(=O)O. The molecule has 0 radical (unpaired) electrons. The van der Waals surface area contributed by atoms with Crippen molar-refractivity contribution in [2.75, 3.05) is 0 Å². The first-order valence-corrected chi connectivity index (χ1v) is 11.6. The van der Waals surface area contributed by atoms with Crippen LogP contribution in [0.4, 0.5) is 0 Å². The Kier molecular flexibility index (Phi) is 12.8. The molecule has 0 aliphatic rings. The molecule has 0 aromatic heterocycles. The number of carboxylic acid groups (broad SMARTS) is 3. The lowest BCUT2D eigenvalue weighted by Crippen LogP contribution is -2.57. The number of hydrogen-bond acceptors (Lipinski definition) is 9. The first-order chi connectivity index (χ1) is 18.2. The van der Waals surface area contributed by atoms with Gasteiger partial charge in [-0.3, -0.25) is 28.8 Å². The maximum Gasteiger partial charge on any atom is 0.326 e. The van der Waals surface area contributed by atoms with Crippen molar-refractivity contribution in [1.82, 2.24) is 16.0 Å². The Hall–Kier alpha value is -4.73. The summed E-state index contributed by atoms with van der Waals surface area (Å²) in [5.41, 5.74) is 11.2. The monoisotopic (exact) mass is 553 g/mol. The molecule has 0 saturated heterocycles. The number of nitrogens with two attached hydrogens (primary N) is 2. The van der Waals surface area contributed by atoms with Crippen molar-refractivity contribution in [3.05, 3.63) is 29.8 Å². The molecule has 16 heteroatoms. The quantitative estimate of drug-likeness (QED) is 0.0960. The first kappa shape index (κ1) is 32.3. The van der Waals surface area contributed by atoms with E-state index in [-0.39, 0.29) is 25.0 Å². The van der Waals surface area contributed by atoms with Crippen LogP contribution in [0.15, 0.2) is 24.3 Å². The Morgan fingerprint density at radius 3 is 1.77 bits per heavy atom. The van der Waals surface area contributed by atoms with Gasteiger partial charge in [-0.1, -0.05) is 12.1 Å². The van der Waals surface area contributed by atoms with Gasteiger partial charge >= 0.3 is 17.9 Å². The number of phenolic OH excluding ortho intramolecular Hbond substituents is 1. The number of carboxylic acids is 3. The predicted molar refractivity (Wildman–Crippen MR) is 131 cm³/mol. The normalized spacial score (nSPS) is 13.7. The average Bonchev–Trinajstić information content (AvgIpc) is 2.84. The molecular formula is C23H31N5O11. The van der Waals surface area contributed by atoms with Crippen LogP contribution in [0.25, 0.3) is 0 Å². The van der Waals surface area contributed by atoms with Crippen LogP contribution >= 0.6 is 0 Å². The van der Waals surface area contributed by atoms with E-state index in [9.17, 15) is 43.8 Å². The van der Waals surface area contributed by atoms with Gasteiger partial charge in [0.25, 0.3) is 0 Å². The summed E-state index contributed by atoms with van der Waals surface area (Å²) in [4.78, 5) is 83.0. The van der Waals surface area contributed by atoms with E-state index in [0.717, 1.165) is 0 Å². The van der Waals surface area contributed by atoms with Gasteiger partial charge < -0.3 is 47.8 Å². The second kappa shape index (κ2) is 15.5. The third-order valence-electron chi connectivity index (χ3n) is 5.32. The number of rotatable bonds is 17. The predicted octanol–water partition coefficient (Wildman–Crippen LogP) is -2.59. The number of aromatic hydroxyl groups is 1. The van der Waals surface area contributed by atoms with Gasteiger partial charge in [-0.05, 0) is 30.5 Å². The Morgan fingerprint density at radius 2 is 1.26 bits per heavy atom. The van der Waals surface area contributed by atoms with Crippen LogP contribution in [-0.2, 0) is 40.0 Å². The molecule has 0 aliphatic heterocycles. The van der Waals surface area contributed by atoms with Gasteiger partial charge in [0.15, 0.2) is 0 Å². The van der Waals surface area contributed by atoms with Crippen LogP contribution in [0.2, 0.25) is 0 Å². The summed E-state index contributed by atoms with van der Waals surface area (Å²) in [5, 5.41) is 43.3. The lowest BCUT2D eigenvalue weighted by atomic mass is 10.0. The molecular weight excluding hydrogens is 522 g/mol. The summed E-state index contributed by atoms with van der Waals surface area (Å²) >= 11 is 0. The van der Waals surface area contributed by atoms with Gasteiger partial charge in [0, 0.05) is 19.3 Å². The van der Waals surface area contributed by atoms with Crippen LogP contribution < -0.4 is 27.4 Å². The van der Waals surface area contributed by atoms with Crippen molar-refractivity contribution in [2.45, 2.75) is 62.7 Å².